The molecule has 7 rings (SSSR count). The molecule has 0 amide bonds. The zero-order valence-electron chi connectivity index (χ0n) is 20.6. The third kappa shape index (κ3) is 3.33. The first-order valence-electron chi connectivity index (χ1n) is 12.7. The third-order valence-corrected chi connectivity index (χ3v) is 9.09. The lowest BCUT2D eigenvalue weighted by molar-refractivity contribution is 0.0666. The topological polar surface area (TPSA) is 54.5 Å². The molecule has 1 saturated heterocycles. The quantitative estimate of drug-likeness (QED) is 0.183. The molecule has 190 valence electrons. The maximum Gasteiger partial charge on any atom is 0.185 e. The molecule has 0 aromatic heterocycles. The van der Waals surface area contributed by atoms with Crippen LogP contribution in [-0.4, -0.2) is 29.4 Å². The summed E-state index contributed by atoms with van der Waals surface area (Å²) in [5, 5.41) is 0.571. The van der Waals surface area contributed by atoms with Crippen molar-refractivity contribution in [1.29, 1.82) is 0 Å². The molecule has 2 heterocycles. The second kappa shape index (κ2) is 8.87. The number of hydrogen-bond donors (Lipinski definition) is 0. The molecule has 0 radical (unpaired) electrons. The first-order valence-corrected chi connectivity index (χ1v) is 13.9. The Morgan fingerprint density at radius 1 is 0.821 bits per heavy atom. The van der Waals surface area contributed by atoms with Crippen LogP contribution in [0.1, 0.15) is 48.1 Å². The van der Waals surface area contributed by atoms with Gasteiger partial charge in [-0.3, -0.25) is 14.4 Å². The van der Waals surface area contributed by atoms with Crippen LogP contribution in [0.4, 0.5) is 5.69 Å². The molecule has 0 bridgehead atoms. The predicted molar refractivity (Wildman–Crippen MR) is 156 cm³/mol. The molecule has 2 aliphatic heterocycles. The van der Waals surface area contributed by atoms with Crippen molar-refractivity contribution >= 4 is 56.6 Å². The van der Waals surface area contributed by atoms with E-state index in [1.54, 1.807) is 42.5 Å². The van der Waals surface area contributed by atoms with Crippen LogP contribution >= 0.6 is 27.5 Å². The maximum absolute atomic E-state index is 14.6. The van der Waals surface area contributed by atoms with Crippen LogP contribution in [0.25, 0.3) is 6.08 Å². The summed E-state index contributed by atoms with van der Waals surface area (Å²) in [6.07, 6.45) is 3.83. The largest absolute Gasteiger partial charge is 0.352 e. The van der Waals surface area contributed by atoms with Crippen molar-refractivity contribution < 1.29 is 14.4 Å². The van der Waals surface area contributed by atoms with Crippen LogP contribution in [-0.2, 0) is 0 Å². The molecule has 3 atom stereocenters. The van der Waals surface area contributed by atoms with Gasteiger partial charge in [-0.15, -0.1) is 0 Å². The van der Waals surface area contributed by atoms with E-state index in [4.69, 9.17) is 11.6 Å². The van der Waals surface area contributed by atoms with E-state index >= 15 is 0 Å². The molecule has 6 heteroatoms. The molecule has 0 unspecified atom stereocenters. The molecule has 3 aliphatic rings. The van der Waals surface area contributed by atoms with Gasteiger partial charge in [0.15, 0.2) is 17.3 Å². The molecule has 4 aromatic rings. The number of rotatable bonds is 3. The number of fused-ring (bicyclic) bond motifs is 5. The summed E-state index contributed by atoms with van der Waals surface area (Å²) in [7, 11) is 0. The Balaban J connectivity index is 1.55. The van der Waals surface area contributed by atoms with Gasteiger partial charge in [-0.05, 0) is 41.5 Å². The van der Waals surface area contributed by atoms with Gasteiger partial charge >= 0.3 is 0 Å². The number of halogens is 2. The molecular formula is C33H21BrClNO3. The van der Waals surface area contributed by atoms with E-state index < -0.39 is 23.4 Å². The Hall–Kier alpha value is -3.80. The number of ketones is 3. The van der Waals surface area contributed by atoms with Gasteiger partial charge in [0.1, 0.15) is 11.5 Å². The second-order valence-corrected chi connectivity index (χ2v) is 11.5. The minimum atomic E-state index is -1.51. The van der Waals surface area contributed by atoms with Crippen LogP contribution < -0.4 is 4.90 Å². The van der Waals surface area contributed by atoms with E-state index in [0.29, 0.717) is 21.7 Å². The van der Waals surface area contributed by atoms with Crippen molar-refractivity contribution in [2.45, 2.75) is 18.0 Å². The number of carbonyl (C=O) groups is 3. The normalized spacial score (nSPS) is 22.1. The fraction of sp³-hybridized carbons (Fsp3) is 0.121. The summed E-state index contributed by atoms with van der Waals surface area (Å²) < 4.78 is 0.870. The van der Waals surface area contributed by atoms with Crippen molar-refractivity contribution in [3.05, 3.63) is 140 Å². The molecule has 1 fully saturated rings. The van der Waals surface area contributed by atoms with Gasteiger partial charge < -0.3 is 4.90 Å². The smallest absolute Gasteiger partial charge is 0.185 e. The summed E-state index contributed by atoms with van der Waals surface area (Å²) in [5.74, 6) is -1.35. The van der Waals surface area contributed by atoms with Crippen molar-refractivity contribution in [1.82, 2.24) is 0 Å². The van der Waals surface area contributed by atoms with Gasteiger partial charge in [0, 0.05) is 37.8 Å². The van der Waals surface area contributed by atoms with Gasteiger partial charge in [-0.2, -0.15) is 0 Å². The van der Waals surface area contributed by atoms with Crippen LogP contribution in [0.15, 0.2) is 108 Å². The molecule has 1 aliphatic carbocycles. The molecule has 4 aromatic carbocycles. The van der Waals surface area contributed by atoms with Crippen molar-refractivity contribution in [3.8, 4) is 0 Å². The minimum absolute atomic E-state index is 0.141. The van der Waals surface area contributed by atoms with Gasteiger partial charge in [0.05, 0.1) is 6.04 Å². The summed E-state index contributed by atoms with van der Waals surface area (Å²) in [6, 6.07) is 27.8. The van der Waals surface area contributed by atoms with E-state index in [2.05, 4.69) is 15.9 Å². The Kier molecular flexibility index (Phi) is 5.51. The molecule has 1 spiro atoms. The molecule has 0 saturated carbocycles. The lowest BCUT2D eigenvalue weighted by atomic mass is 9.64. The van der Waals surface area contributed by atoms with E-state index in [1.807, 2.05) is 71.6 Å². The first-order chi connectivity index (χ1) is 18.9. The summed E-state index contributed by atoms with van der Waals surface area (Å²) in [5.41, 5.74) is 2.21. The third-order valence-electron chi connectivity index (χ3n) is 8.32. The Labute approximate surface area is 239 Å². The average Bonchev–Trinajstić information content (AvgIpc) is 3.39. The van der Waals surface area contributed by atoms with Crippen molar-refractivity contribution in [3.63, 3.8) is 0 Å². The van der Waals surface area contributed by atoms with E-state index in [9.17, 15) is 14.4 Å². The number of hydrogen-bond acceptors (Lipinski definition) is 4. The van der Waals surface area contributed by atoms with Gasteiger partial charge in [-0.1, -0.05) is 106 Å². The lowest BCUT2D eigenvalue weighted by Gasteiger charge is -2.37. The first kappa shape index (κ1) is 24.3. The van der Waals surface area contributed by atoms with Crippen LogP contribution in [0, 0.1) is 5.41 Å². The predicted octanol–water partition coefficient (Wildman–Crippen LogP) is 7.42. The number of anilines is 1. The lowest BCUT2D eigenvalue weighted by Crippen LogP contribution is -2.48. The van der Waals surface area contributed by atoms with Crippen LogP contribution in [0.3, 0.4) is 0 Å². The highest BCUT2D eigenvalue weighted by Crippen LogP contribution is 2.61. The van der Waals surface area contributed by atoms with E-state index in [0.717, 1.165) is 21.3 Å². The summed E-state index contributed by atoms with van der Waals surface area (Å²) >= 11 is 9.86. The number of carbonyl (C=O) groups excluding carboxylic acids is 3. The zero-order valence-corrected chi connectivity index (χ0v) is 22.9. The summed E-state index contributed by atoms with van der Waals surface area (Å²) in [4.78, 5) is 45.7. The standard InChI is InChI=1S/C33H21BrClNO3/c34-22-13-10-19(11-14-22)28-29(30(37)20-6-2-1-3-7-20)36-26-16-15-23(35)18-21(26)12-17-27(36)33(28)31(38)24-8-4-5-9-25(24)32(33)39/h1-18,27-29H/t27-,28-,29-/m0/s1. The average molecular weight is 595 g/mol. The Bertz CT molecular complexity index is 1680. The Morgan fingerprint density at radius 2 is 1.46 bits per heavy atom. The van der Waals surface area contributed by atoms with E-state index in [-0.39, 0.29) is 17.3 Å². The van der Waals surface area contributed by atoms with Crippen LogP contribution in [0.2, 0.25) is 5.02 Å². The van der Waals surface area contributed by atoms with Gasteiger partial charge in [0.25, 0.3) is 0 Å². The van der Waals surface area contributed by atoms with Crippen molar-refractivity contribution in [2.75, 3.05) is 4.90 Å². The molecule has 39 heavy (non-hydrogen) atoms. The number of Topliss-reactive ketones (excluding diaryl/α,β-unsaturated/α-hetero) is 3. The van der Waals surface area contributed by atoms with E-state index in [1.165, 1.54) is 0 Å². The monoisotopic (exact) mass is 593 g/mol. The highest BCUT2D eigenvalue weighted by Gasteiger charge is 2.71. The minimum Gasteiger partial charge on any atom is -0.352 e. The SMILES string of the molecule is O=C(c1ccccc1)[C@@H]1[C@H](c2ccc(Br)cc2)C2(C(=O)c3ccccc3C2=O)[C@@H]2C=Cc3cc(Cl)ccc3N12. The van der Waals surface area contributed by atoms with Gasteiger partial charge in [-0.25, -0.2) is 0 Å². The molecular weight excluding hydrogens is 574 g/mol. The highest BCUT2D eigenvalue weighted by atomic mass is 79.9. The fourth-order valence-corrected chi connectivity index (χ4v) is 7.21. The Morgan fingerprint density at radius 3 is 2.13 bits per heavy atom. The fourth-order valence-electron chi connectivity index (χ4n) is 6.76. The van der Waals surface area contributed by atoms with Gasteiger partial charge in [0.2, 0.25) is 0 Å². The molecule has 0 N–H and O–H groups in total. The molecule has 4 nitrogen and oxygen atoms in total. The summed E-state index contributed by atoms with van der Waals surface area (Å²) in [6.45, 7) is 0. The second-order valence-electron chi connectivity index (χ2n) is 10.2. The van der Waals surface area contributed by atoms with Crippen molar-refractivity contribution in [2.24, 2.45) is 5.41 Å². The number of nitrogens with zero attached hydrogens (tertiary/aromatic N) is 1. The number of benzene rings is 4. The highest BCUT2D eigenvalue weighted by molar-refractivity contribution is 9.10. The zero-order chi connectivity index (χ0) is 26.9. The van der Waals surface area contributed by atoms with Crippen LogP contribution in [0.5, 0.6) is 0 Å². The maximum atomic E-state index is 14.6.